The van der Waals surface area contributed by atoms with Gasteiger partial charge in [-0.15, -0.1) is 0 Å². The molecule has 1 heteroatoms. The van der Waals surface area contributed by atoms with Gasteiger partial charge in [0, 0.05) is 0 Å². The van der Waals surface area contributed by atoms with E-state index in [2.05, 4.69) is 23.7 Å². The molecule has 0 aromatic heterocycles. The average molecular weight is 144 g/mol. The minimum atomic E-state index is 0.675. The van der Waals surface area contributed by atoms with Crippen LogP contribution in [0.5, 0.6) is 0 Å². The van der Waals surface area contributed by atoms with E-state index in [0.717, 1.165) is 0 Å². The van der Waals surface area contributed by atoms with Crippen LogP contribution in [0, 0.1) is 23.7 Å². The standard InChI is InChI=1S/C10H8O/c1-2-3-4-5-6-7-8-9-10-11/h2-3,8-10H,1H3/b3-2+,9-8+. The van der Waals surface area contributed by atoms with Crippen molar-refractivity contribution in [2.75, 3.05) is 0 Å². The van der Waals surface area contributed by atoms with E-state index < -0.39 is 0 Å². The van der Waals surface area contributed by atoms with Crippen molar-refractivity contribution < 1.29 is 4.79 Å². The van der Waals surface area contributed by atoms with Crippen molar-refractivity contribution in [3.05, 3.63) is 24.3 Å². The molecule has 0 amide bonds. The molecule has 0 saturated heterocycles. The van der Waals surface area contributed by atoms with E-state index in [-0.39, 0.29) is 0 Å². The van der Waals surface area contributed by atoms with Crippen LogP contribution in [0.25, 0.3) is 0 Å². The van der Waals surface area contributed by atoms with Crippen LogP contribution in [0.2, 0.25) is 0 Å². The van der Waals surface area contributed by atoms with Gasteiger partial charge < -0.3 is 0 Å². The molecule has 0 unspecified atom stereocenters. The Morgan fingerprint density at radius 2 is 1.73 bits per heavy atom. The Hall–Kier alpha value is -1.73. The van der Waals surface area contributed by atoms with Crippen molar-refractivity contribution in [2.45, 2.75) is 6.92 Å². The van der Waals surface area contributed by atoms with E-state index in [1.807, 2.05) is 13.0 Å². The van der Waals surface area contributed by atoms with Crippen LogP contribution in [-0.2, 0) is 4.79 Å². The summed E-state index contributed by atoms with van der Waals surface area (Å²) in [4.78, 5) is 9.74. The lowest BCUT2D eigenvalue weighted by Gasteiger charge is -1.60. The van der Waals surface area contributed by atoms with Gasteiger partial charge in [0.1, 0.15) is 6.29 Å². The SMILES string of the molecule is C/C=C/C#CC#C/C=C/C=O. The summed E-state index contributed by atoms with van der Waals surface area (Å²) in [7, 11) is 0. The Kier molecular flexibility index (Phi) is 6.97. The molecule has 0 aromatic carbocycles. The Labute approximate surface area is 66.8 Å². The number of carbonyl (C=O) groups is 1. The summed E-state index contributed by atoms with van der Waals surface area (Å²) in [5.41, 5.74) is 0. The van der Waals surface area contributed by atoms with E-state index in [0.29, 0.717) is 6.29 Å². The summed E-state index contributed by atoms with van der Waals surface area (Å²) in [6.45, 7) is 1.88. The van der Waals surface area contributed by atoms with Gasteiger partial charge >= 0.3 is 0 Å². The third-order valence-corrected chi connectivity index (χ3v) is 0.715. The van der Waals surface area contributed by atoms with Gasteiger partial charge in [-0.2, -0.15) is 0 Å². The summed E-state index contributed by atoms with van der Waals surface area (Å²) in [6, 6.07) is 0. The van der Waals surface area contributed by atoms with E-state index in [9.17, 15) is 4.79 Å². The second-order valence-electron chi connectivity index (χ2n) is 1.53. The molecule has 54 valence electrons. The van der Waals surface area contributed by atoms with Crippen LogP contribution < -0.4 is 0 Å². The highest BCUT2D eigenvalue weighted by molar-refractivity contribution is 5.65. The summed E-state index contributed by atoms with van der Waals surface area (Å²) >= 11 is 0. The fourth-order valence-corrected chi connectivity index (χ4v) is 0.326. The highest BCUT2D eigenvalue weighted by atomic mass is 16.1. The lowest BCUT2D eigenvalue weighted by molar-refractivity contribution is -0.104. The number of allylic oxidation sites excluding steroid dienone is 4. The molecular formula is C10H8O. The number of rotatable bonds is 1. The molecule has 0 saturated carbocycles. The molecule has 0 heterocycles. The monoisotopic (exact) mass is 144 g/mol. The molecule has 0 atom stereocenters. The molecule has 0 aliphatic heterocycles. The lowest BCUT2D eigenvalue weighted by Crippen LogP contribution is -1.56. The fraction of sp³-hybridized carbons (Fsp3) is 0.100. The molecule has 1 nitrogen and oxygen atoms in total. The predicted octanol–water partition coefficient (Wildman–Crippen LogP) is 1.32. The summed E-state index contributed by atoms with van der Waals surface area (Å²) in [5.74, 6) is 10.4. The summed E-state index contributed by atoms with van der Waals surface area (Å²) < 4.78 is 0. The number of hydrogen-bond acceptors (Lipinski definition) is 1. The molecule has 0 aliphatic rings. The first-order valence-corrected chi connectivity index (χ1v) is 3.14. The van der Waals surface area contributed by atoms with Crippen molar-refractivity contribution >= 4 is 6.29 Å². The third kappa shape index (κ3) is 8.27. The normalized spacial score (nSPS) is 8.45. The molecule has 0 fully saturated rings. The van der Waals surface area contributed by atoms with Gasteiger partial charge in [-0.1, -0.05) is 17.9 Å². The lowest BCUT2D eigenvalue weighted by atomic mass is 10.4. The minimum absolute atomic E-state index is 0.675. The molecule has 0 aliphatic carbocycles. The van der Waals surface area contributed by atoms with Crippen LogP contribution in [0.1, 0.15) is 6.92 Å². The molecule has 0 spiro atoms. The predicted molar refractivity (Wildman–Crippen MR) is 45.6 cm³/mol. The van der Waals surface area contributed by atoms with Crippen LogP contribution in [-0.4, -0.2) is 6.29 Å². The molecule has 0 N–H and O–H groups in total. The van der Waals surface area contributed by atoms with Gasteiger partial charge in [-0.05, 0) is 37.0 Å². The molecular weight excluding hydrogens is 136 g/mol. The van der Waals surface area contributed by atoms with E-state index in [1.165, 1.54) is 12.2 Å². The maximum absolute atomic E-state index is 9.74. The number of hydrogen-bond donors (Lipinski definition) is 0. The van der Waals surface area contributed by atoms with Crippen LogP contribution in [0.3, 0.4) is 0 Å². The highest BCUT2D eigenvalue weighted by Gasteiger charge is 1.57. The topological polar surface area (TPSA) is 17.1 Å². The second-order valence-corrected chi connectivity index (χ2v) is 1.53. The van der Waals surface area contributed by atoms with Gasteiger partial charge in [0.05, 0.1) is 0 Å². The summed E-state index contributed by atoms with van der Waals surface area (Å²) in [6.07, 6.45) is 6.99. The third-order valence-electron chi connectivity index (χ3n) is 0.715. The first kappa shape index (κ1) is 9.27. The van der Waals surface area contributed by atoms with Gasteiger partial charge in [0.15, 0.2) is 0 Å². The van der Waals surface area contributed by atoms with Gasteiger partial charge in [-0.3, -0.25) is 4.79 Å². The number of aldehydes is 1. The summed E-state index contributed by atoms with van der Waals surface area (Å²) in [5, 5.41) is 0. The second kappa shape index (κ2) is 8.27. The maximum atomic E-state index is 9.74. The zero-order chi connectivity index (χ0) is 8.36. The van der Waals surface area contributed by atoms with Crippen molar-refractivity contribution in [1.82, 2.24) is 0 Å². The van der Waals surface area contributed by atoms with Crippen molar-refractivity contribution in [2.24, 2.45) is 0 Å². The number of carbonyl (C=O) groups excluding carboxylic acids is 1. The van der Waals surface area contributed by atoms with Gasteiger partial charge in [0.2, 0.25) is 0 Å². The van der Waals surface area contributed by atoms with Crippen LogP contribution in [0.15, 0.2) is 24.3 Å². The zero-order valence-corrected chi connectivity index (χ0v) is 6.29. The van der Waals surface area contributed by atoms with Crippen molar-refractivity contribution in [3.63, 3.8) is 0 Å². The zero-order valence-electron chi connectivity index (χ0n) is 6.29. The average Bonchev–Trinajstić information content (AvgIpc) is 2.03. The quantitative estimate of drug-likeness (QED) is 0.308. The smallest absolute Gasteiger partial charge is 0.143 e. The first-order valence-electron chi connectivity index (χ1n) is 3.14. The maximum Gasteiger partial charge on any atom is 0.143 e. The Morgan fingerprint density at radius 3 is 2.27 bits per heavy atom. The van der Waals surface area contributed by atoms with Gasteiger partial charge in [0.25, 0.3) is 0 Å². The van der Waals surface area contributed by atoms with E-state index >= 15 is 0 Å². The van der Waals surface area contributed by atoms with Crippen molar-refractivity contribution in [3.8, 4) is 23.7 Å². The van der Waals surface area contributed by atoms with Crippen molar-refractivity contribution in [1.29, 1.82) is 0 Å². The molecule has 0 bridgehead atoms. The molecule has 0 aromatic rings. The fourth-order valence-electron chi connectivity index (χ4n) is 0.326. The van der Waals surface area contributed by atoms with E-state index in [1.54, 1.807) is 6.08 Å². The largest absolute Gasteiger partial charge is 0.299 e. The van der Waals surface area contributed by atoms with Crippen LogP contribution >= 0.6 is 0 Å². The van der Waals surface area contributed by atoms with Crippen LogP contribution in [0.4, 0.5) is 0 Å². The Bertz CT molecular complexity index is 273. The molecule has 11 heavy (non-hydrogen) atoms. The van der Waals surface area contributed by atoms with Gasteiger partial charge in [-0.25, -0.2) is 0 Å². The van der Waals surface area contributed by atoms with E-state index in [4.69, 9.17) is 0 Å². The molecule has 0 radical (unpaired) electrons. The minimum Gasteiger partial charge on any atom is -0.299 e. The molecule has 0 rings (SSSR count). The first-order chi connectivity index (χ1) is 5.41. The highest BCUT2D eigenvalue weighted by Crippen LogP contribution is 1.65. The Balaban J connectivity index is 3.83. The Morgan fingerprint density at radius 1 is 1.09 bits per heavy atom.